The van der Waals surface area contributed by atoms with Gasteiger partial charge in [-0.3, -0.25) is 14.6 Å². The Hall–Kier alpha value is -3.10. The third-order valence-electron chi connectivity index (χ3n) is 4.19. The summed E-state index contributed by atoms with van der Waals surface area (Å²) in [4.78, 5) is 12.3. The molecule has 0 saturated heterocycles. The number of aromatic amines is 1. The molecule has 1 amide bonds. The first-order chi connectivity index (χ1) is 12.6. The van der Waals surface area contributed by atoms with E-state index in [1.807, 2.05) is 36.3 Å². The van der Waals surface area contributed by atoms with Crippen LogP contribution in [0.25, 0.3) is 0 Å². The maximum absolute atomic E-state index is 12.6. The predicted molar refractivity (Wildman–Crippen MR) is 93.5 cm³/mol. The van der Waals surface area contributed by atoms with E-state index in [0.29, 0.717) is 29.7 Å². The summed E-state index contributed by atoms with van der Waals surface area (Å²) < 4.78 is 39.7. The summed E-state index contributed by atoms with van der Waals surface area (Å²) >= 11 is 0. The Morgan fingerprint density at radius 2 is 1.85 bits per heavy atom. The van der Waals surface area contributed by atoms with E-state index in [0.717, 1.165) is 11.1 Å². The number of carbonyl (C=O) groups excluding carboxylic acids is 1. The van der Waals surface area contributed by atoms with E-state index in [4.69, 9.17) is 0 Å². The van der Waals surface area contributed by atoms with Gasteiger partial charge in [-0.15, -0.1) is 0 Å². The van der Waals surface area contributed by atoms with Crippen LogP contribution in [0.15, 0.2) is 30.3 Å². The number of anilines is 1. The van der Waals surface area contributed by atoms with Crippen LogP contribution in [0.5, 0.6) is 0 Å². The van der Waals surface area contributed by atoms with Crippen LogP contribution in [0, 0.1) is 20.8 Å². The van der Waals surface area contributed by atoms with Crippen molar-refractivity contribution >= 4 is 11.6 Å². The SMILES string of the molecule is Cc1ccc(Cn2nc(C)c(NC(=O)c3cc(C(F)(F)F)[nH]n3)c2C)cc1. The highest BCUT2D eigenvalue weighted by Gasteiger charge is 2.34. The van der Waals surface area contributed by atoms with Gasteiger partial charge in [-0.05, 0) is 26.3 Å². The lowest BCUT2D eigenvalue weighted by molar-refractivity contribution is -0.141. The van der Waals surface area contributed by atoms with E-state index in [2.05, 4.69) is 15.5 Å². The fraction of sp³-hybridized carbons (Fsp3) is 0.278. The van der Waals surface area contributed by atoms with Crippen molar-refractivity contribution in [3.63, 3.8) is 0 Å². The molecule has 142 valence electrons. The van der Waals surface area contributed by atoms with Crippen molar-refractivity contribution in [1.29, 1.82) is 0 Å². The molecule has 2 heterocycles. The fourth-order valence-corrected chi connectivity index (χ4v) is 2.66. The van der Waals surface area contributed by atoms with Crippen LogP contribution < -0.4 is 5.32 Å². The van der Waals surface area contributed by atoms with Crippen molar-refractivity contribution in [1.82, 2.24) is 20.0 Å². The van der Waals surface area contributed by atoms with E-state index >= 15 is 0 Å². The average molecular weight is 377 g/mol. The quantitative estimate of drug-likeness (QED) is 0.725. The molecule has 27 heavy (non-hydrogen) atoms. The summed E-state index contributed by atoms with van der Waals surface area (Å²) in [6.45, 7) is 6.03. The van der Waals surface area contributed by atoms with Gasteiger partial charge in [-0.25, -0.2) is 0 Å². The number of halogens is 3. The van der Waals surface area contributed by atoms with E-state index in [1.165, 1.54) is 0 Å². The number of amides is 1. The van der Waals surface area contributed by atoms with Gasteiger partial charge >= 0.3 is 6.18 Å². The number of rotatable bonds is 4. The van der Waals surface area contributed by atoms with Gasteiger partial charge in [0.2, 0.25) is 0 Å². The van der Waals surface area contributed by atoms with Crippen molar-refractivity contribution < 1.29 is 18.0 Å². The maximum atomic E-state index is 12.6. The van der Waals surface area contributed by atoms with Gasteiger partial charge in [0.25, 0.3) is 5.91 Å². The van der Waals surface area contributed by atoms with Gasteiger partial charge in [0.1, 0.15) is 5.69 Å². The molecule has 6 nitrogen and oxygen atoms in total. The average Bonchev–Trinajstić information content (AvgIpc) is 3.18. The Labute approximate surface area is 153 Å². The largest absolute Gasteiger partial charge is 0.432 e. The Kier molecular flexibility index (Phi) is 4.77. The molecule has 0 bridgehead atoms. The molecule has 3 aromatic rings. The van der Waals surface area contributed by atoms with Crippen molar-refractivity contribution in [2.75, 3.05) is 5.32 Å². The van der Waals surface area contributed by atoms with E-state index in [9.17, 15) is 18.0 Å². The van der Waals surface area contributed by atoms with Crippen molar-refractivity contribution in [3.8, 4) is 0 Å². The van der Waals surface area contributed by atoms with Crippen LogP contribution in [0.1, 0.15) is 38.7 Å². The lowest BCUT2D eigenvalue weighted by Gasteiger charge is -2.07. The molecule has 2 N–H and O–H groups in total. The molecule has 0 aliphatic carbocycles. The summed E-state index contributed by atoms with van der Waals surface area (Å²) in [5.74, 6) is -0.733. The fourth-order valence-electron chi connectivity index (χ4n) is 2.66. The van der Waals surface area contributed by atoms with Crippen molar-refractivity contribution in [3.05, 3.63) is 64.2 Å². The number of aryl methyl sites for hydroxylation is 2. The molecular formula is C18H18F3N5O. The van der Waals surface area contributed by atoms with Crippen LogP contribution in [0.4, 0.5) is 18.9 Å². The van der Waals surface area contributed by atoms with Crippen LogP contribution in [-0.4, -0.2) is 25.9 Å². The standard InChI is InChI=1S/C18H18F3N5O/c1-10-4-6-13(7-5-10)9-26-12(3)16(11(2)25-26)22-17(27)14-8-15(24-23-14)18(19,20)21/h4-8H,9H2,1-3H3,(H,22,27)(H,23,24). The summed E-state index contributed by atoms with van der Waals surface area (Å²) in [6, 6.07) is 8.66. The van der Waals surface area contributed by atoms with E-state index in [-0.39, 0.29) is 5.69 Å². The maximum Gasteiger partial charge on any atom is 0.432 e. The minimum absolute atomic E-state index is 0.340. The molecule has 0 atom stereocenters. The summed E-state index contributed by atoms with van der Waals surface area (Å²) in [6.07, 6.45) is -4.59. The summed E-state index contributed by atoms with van der Waals surface area (Å²) in [7, 11) is 0. The summed E-state index contributed by atoms with van der Waals surface area (Å²) in [5, 5.41) is 12.3. The van der Waals surface area contributed by atoms with E-state index in [1.54, 1.807) is 18.5 Å². The number of benzene rings is 1. The Morgan fingerprint density at radius 3 is 2.44 bits per heavy atom. The minimum Gasteiger partial charge on any atom is -0.317 e. The normalized spacial score (nSPS) is 11.6. The smallest absolute Gasteiger partial charge is 0.317 e. The molecule has 1 aromatic carbocycles. The molecule has 0 fully saturated rings. The Balaban J connectivity index is 1.79. The van der Waals surface area contributed by atoms with Gasteiger partial charge in [0.05, 0.1) is 23.6 Å². The Bertz CT molecular complexity index is 970. The second-order valence-electron chi connectivity index (χ2n) is 6.31. The zero-order chi connectivity index (χ0) is 19.8. The summed E-state index contributed by atoms with van der Waals surface area (Å²) in [5.41, 5.74) is 2.52. The molecule has 2 aromatic heterocycles. The molecule has 0 unspecified atom stereocenters. The predicted octanol–water partition coefficient (Wildman–Crippen LogP) is 3.85. The minimum atomic E-state index is -4.59. The second kappa shape index (κ2) is 6.90. The second-order valence-corrected chi connectivity index (χ2v) is 6.31. The Morgan fingerprint density at radius 1 is 1.19 bits per heavy atom. The van der Waals surface area contributed by atoms with Crippen molar-refractivity contribution in [2.45, 2.75) is 33.5 Å². The number of nitrogens with one attached hydrogen (secondary N) is 2. The van der Waals surface area contributed by atoms with Crippen molar-refractivity contribution in [2.24, 2.45) is 0 Å². The van der Waals surface area contributed by atoms with Gasteiger partial charge in [-0.1, -0.05) is 29.8 Å². The zero-order valence-electron chi connectivity index (χ0n) is 15.0. The number of alkyl halides is 3. The topological polar surface area (TPSA) is 75.6 Å². The first-order valence-corrected chi connectivity index (χ1v) is 8.18. The van der Waals surface area contributed by atoms with Crippen LogP contribution >= 0.6 is 0 Å². The van der Waals surface area contributed by atoms with Gasteiger partial charge in [0.15, 0.2) is 5.69 Å². The van der Waals surface area contributed by atoms with Crippen LogP contribution in [0.3, 0.4) is 0 Å². The number of carbonyl (C=O) groups is 1. The third-order valence-corrected chi connectivity index (χ3v) is 4.19. The molecule has 0 aliphatic heterocycles. The number of hydrogen-bond donors (Lipinski definition) is 2. The highest BCUT2D eigenvalue weighted by atomic mass is 19.4. The van der Waals surface area contributed by atoms with Gasteiger partial charge in [-0.2, -0.15) is 23.4 Å². The lowest BCUT2D eigenvalue weighted by atomic mass is 10.1. The van der Waals surface area contributed by atoms with Gasteiger partial charge in [0, 0.05) is 6.07 Å². The molecule has 0 radical (unpaired) electrons. The van der Waals surface area contributed by atoms with E-state index < -0.39 is 17.8 Å². The lowest BCUT2D eigenvalue weighted by Crippen LogP contribution is -2.14. The van der Waals surface area contributed by atoms with Crippen LogP contribution in [0.2, 0.25) is 0 Å². The molecule has 9 heteroatoms. The highest BCUT2D eigenvalue weighted by Crippen LogP contribution is 2.28. The van der Waals surface area contributed by atoms with Gasteiger partial charge < -0.3 is 5.32 Å². The number of H-pyrrole nitrogens is 1. The number of aromatic nitrogens is 4. The molecule has 0 spiro atoms. The molecule has 0 aliphatic rings. The number of hydrogen-bond acceptors (Lipinski definition) is 3. The molecular weight excluding hydrogens is 359 g/mol. The third kappa shape index (κ3) is 4.02. The molecule has 3 rings (SSSR count). The number of nitrogens with zero attached hydrogens (tertiary/aromatic N) is 3. The van der Waals surface area contributed by atoms with Crippen LogP contribution in [-0.2, 0) is 12.7 Å². The molecule has 0 saturated carbocycles. The zero-order valence-corrected chi connectivity index (χ0v) is 15.0. The first kappa shape index (κ1) is 18.7. The first-order valence-electron chi connectivity index (χ1n) is 8.18. The highest BCUT2D eigenvalue weighted by molar-refractivity contribution is 6.03. The monoisotopic (exact) mass is 377 g/mol.